The van der Waals surface area contributed by atoms with Crippen LogP contribution in [0.4, 0.5) is 10.8 Å². The molecule has 0 aliphatic heterocycles. The van der Waals surface area contributed by atoms with E-state index >= 15 is 0 Å². The zero-order chi connectivity index (χ0) is 14.5. The van der Waals surface area contributed by atoms with E-state index in [2.05, 4.69) is 10.3 Å². The molecule has 0 bridgehead atoms. The highest BCUT2D eigenvalue weighted by Crippen LogP contribution is 2.26. The number of nitrogen functional groups attached to an aromatic ring is 1. The molecule has 20 heavy (non-hydrogen) atoms. The summed E-state index contributed by atoms with van der Waals surface area (Å²) in [7, 11) is 0. The Balaban J connectivity index is 1.96. The first-order chi connectivity index (χ1) is 9.56. The van der Waals surface area contributed by atoms with Crippen molar-refractivity contribution in [3.05, 3.63) is 36.0 Å². The van der Waals surface area contributed by atoms with Gasteiger partial charge in [0.25, 0.3) is 5.91 Å². The number of para-hydroxylation sites is 1. The Hall–Kier alpha value is -2.06. The Morgan fingerprint density at radius 2 is 2.10 bits per heavy atom. The number of carbonyl (C=O) groups is 2. The van der Waals surface area contributed by atoms with Crippen LogP contribution in [0.1, 0.15) is 10.4 Å². The molecule has 0 aliphatic carbocycles. The van der Waals surface area contributed by atoms with Crippen molar-refractivity contribution in [2.24, 2.45) is 5.73 Å². The molecule has 0 saturated heterocycles. The first kappa shape index (κ1) is 14.4. The van der Waals surface area contributed by atoms with Gasteiger partial charge in [0, 0.05) is 0 Å². The Labute approximate surface area is 123 Å². The molecule has 0 radical (unpaired) electrons. The summed E-state index contributed by atoms with van der Waals surface area (Å²) in [5, 5.41) is 3.13. The largest absolute Gasteiger partial charge is 0.375 e. The van der Waals surface area contributed by atoms with E-state index in [9.17, 15) is 9.59 Å². The van der Waals surface area contributed by atoms with Gasteiger partial charge in [-0.2, -0.15) is 0 Å². The number of amides is 2. The maximum Gasteiger partial charge on any atom is 0.250 e. The number of aromatic nitrogens is 1. The third-order valence-corrected chi connectivity index (χ3v) is 4.34. The van der Waals surface area contributed by atoms with E-state index < -0.39 is 5.91 Å². The molecule has 2 aromatic rings. The minimum Gasteiger partial charge on any atom is -0.375 e. The summed E-state index contributed by atoms with van der Waals surface area (Å²) in [5.41, 5.74) is 11.4. The molecule has 2 rings (SSSR count). The summed E-state index contributed by atoms with van der Waals surface area (Å²) >= 11 is 2.65. The lowest BCUT2D eigenvalue weighted by molar-refractivity contribution is -0.113. The summed E-state index contributed by atoms with van der Waals surface area (Å²) in [4.78, 5) is 27.0. The highest BCUT2D eigenvalue weighted by molar-refractivity contribution is 8.01. The van der Waals surface area contributed by atoms with E-state index in [0.717, 1.165) is 4.21 Å². The second-order valence-corrected chi connectivity index (χ2v) is 6.10. The van der Waals surface area contributed by atoms with Crippen LogP contribution in [0, 0.1) is 0 Å². The number of nitrogens with two attached hydrogens (primary N) is 2. The van der Waals surface area contributed by atoms with Crippen molar-refractivity contribution in [3.63, 3.8) is 0 Å². The number of thioether (sulfide) groups is 1. The molecule has 5 N–H and O–H groups in total. The Bertz CT molecular complexity index is 642. The molecule has 6 nitrogen and oxygen atoms in total. The van der Waals surface area contributed by atoms with Crippen molar-refractivity contribution < 1.29 is 9.59 Å². The maximum atomic E-state index is 11.8. The number of rotatable bonds is 5. The Morgan fingerprint density at radius 3 is 2.75 bits per heavy atom. The SMILES string of the molecule is NC(=O)c1ccccc1NC(=O)CSc1cnc(N)s1. The number of hydrogen-bond donors (Lipinski definition) is 3. The van der Waals surface area contributed by atoms with Gasteiger partial charge in [0.2, 0.25) is 5.91 Å². The number of nitrogens with one attached hydrogen (secondary N) is 1. The standard InChI is InChI=1S/C12H12N4O2S2/c13-11(18)7-3-1-2-4-8(7)16-9(17)6-19-10-5-15-12(14)20-10/h1-5H,6H2,(H2,13,18)(H2,14,15)(H,16,17). The molecule has 0 spiro atoms. The average molecular weight is 308 g/mol. The number of nitrogens with zero attached hydrogens (tertiary/aromatic N) is 1. The van der Waals surface area contributed by atoms with Crippen LogP contribution < -0.4 is 16.8 Å². The Kier molecular flexibility index (Phi) is 4.59. The quantitative estimate of drug-likeness (QED) is 0.726. The molecule has 1 aromatic carbocycles. The second-order valence-electron chi connectivity index (χ2n) is 3.76. The number of thiazole rings is 1. The lowest BCUT2D eigenvalue weighted by Crippen LogP contribution is -2.19. The molecule has 0 unspecified atom stereocenters. The van der Waals surface area contributed by atoms with Crippen molar-refractivity contribution in [2.75, 3.05) is 16.8 Å². The van der Waals surface area contributed by atoms with E-state index in [4.69, 9.17) is 11.5 Å². The molecule has 8 heteroatoms. The lowest BCUT2D eigenvalue weighted by atomic mass is 10.1. The van der Waals surface area contributed by atoms with Gasteiger partial charge in [-0.25, -0.2) is 4.98 Å². The van der Waals surface area contributed by atoms with Crippen molar-refractivity contribution in [1.82, 2.24) is 4.98 Å². The zero-order valence-electron chi connectivity index (χ0n) is 10.3. The van der Waals surface area contributed by atoms with E-state index in [1.165, 1.54) is 23.1 Å². The zero-order valence-corrected chi connectivity index (χ0v) is 12.0. The van der Waals surface area contributed by atoms with Crippen LogP contribution >= 0.6 is 23.1 Å². The number of hydrogen-bond acceptors (Lipinski definition) is 6. The highest BCUT2D eigenvalue weighted by Gasteiger charge is 2.11. The van der Waals surface area contributed by atoms with Gasteiger partial charge in [0.15, 0.2) is 5.13 Å². The molecule has 0 atom stereocenters. The van der Waals surface area contributed by atoms with Crippen LogP contribution in [0.25, 0.3) is 0 Å². The van der Waals surface area contributed by atoms with Crippen LogP contribution in [0.3, 0.4) is 0 Å². The monoisotopic (exact) mass is 308 g/mol. The maximum absolute atomic E-state index is 11.8. The lowest BCUT2D eigenvalue weighted by Gasteiger charge is -2.08. The fourth-order valence-corrected chi connectivity index (χ4v) is 3.03. The van der Waals surface area contributed by atoms with Crippen LogP contribution in [0.5, 0.6) is 0 Å². The van der Waals surface area contributed by atoms with Gasteiger partial charge < -0.3 is 16.8 Å². The summed E-state index contributed by atoms with van der Waals surface area (Å²) < 4.78 is 0.862. The molecule has 104 valence electrons. The second kappa shape index (κ2) is 6.40. The smallest absolute Gasteiger partial charge is 0.250 e. The molecule has 1 aromatic heterocycles. The van der Waals surface area contributed by atoms with Crippen LogP contribution in [-0.2, 0) is 4.79 Å². The van der Waals surface area contributed by atoms with Gasteiger partial charge in [-0.15, -0.1) is 11.8 Å². The normalized spacial score (nSPS) is 10.2. The molecular formula is C12H12N4O2S2. The summed E-state index contributed by atoms with van der Waals surface area (Å²) in [6.45, 7) is 0. The van der Waals surface area contributed by atoms with Crippen molar-refractivity contribution in [3.8, 4) is 0 Å². The van der Waals surface area contributed by atoms with Gasteiger partial charge >= 0.3 is 0 Å². The summed E-state index contributed by atoms with van der Waals surface area (Å²) in [6.07, 6.45) is 1.62. The van der Waals surface area contributed by atoms with Crippen molar-refractivity contribution in [1.29, 1.82) is 0 Å². The number of carbonyl (C=O) groups excluding carboxylic acids is 2. The number of anilines is 2. The predicted molar refractivity (Wildman–Crippen MR) is 80.8 cm³/mol. The highest BCUT2D eigenvalue weighted by atomic mass is 32.2. The van der Waals surface area contributed by atoms with Crippen molar-refractivity contribution in [2.45, 2.75) is 4.21 Å². The first-order valence-electron chi connectivity index (χ1n) is 5.59. The molecular weight excluding hydrogens is 296 g/mol. The van der Waals surface area contributed by atoms with E-state index in [0.29, 0.717) is 10.8 Å². The van der Waals surface area contributed by atoms with E-state index in [1.54, 1.807) is 30.5 Å². The van der Waals surface area contributed by atoms with Gasteiger partial charge in [0.1, 0.15) is 0 Å². The summed E-state index contributed by atoms with van der Waals surface area (Å²) in [5.74, 6) is -0.603. The molecule has 0 fully saturated rings. The number of primary amides is 1. The molecule has 0 saturated carbocycles. The topological polar surface area (TPSA) is 111 Å². The first-order valence-corrected chi connectivity index (χ1v) is 7.39. The van der Waals surface area contributed by atoms with Gasteiger partial charge in [-0.1, -0.05) is 23.5 Å². The third kappa shape index (κ3) is 3.72. The fourth-order valence-electron chi connectivity index (χ4n) is 1.47. The average Bonchev–Trinajstić information content (AvgIpc) is 2.83. The predicted octanol–water partition coefficient (Wildman–Crippen LogP) is 1.55. The van der Waals surface area contributed by atoms with Gasteiger partial charge in [-0.3, -0.25) is 9.59 Å². The Morgan fingerprint density at radius 1 is 1.35 bits per heavy atom. The van der Waals surface area contributed by atoms with Gasteiger partial charge in [0.05, 0.1) is 27.4 Å². The minimum atomic E-state index is -0.580. The number of benzene rings is 1. The van der Waals surface area contributed by atoms with Crippen LogP contribution in [-0.4, -0.2) is 22.6 Å². The minimum absolute atomic E-state index is 0.203. The van der Waals surface area contributed by atoms with E-state index in [-0.39, 0.29) is 17.2 Å². The molecule has 1 heterocycles. The van der Waals surface area contributed by atoms with Crippen molar-refractivity contribution >= 4 is 45.7 Å². The fraction of sp³-hybridized carbons (Fsp3) is 0.0833. The molecule has 2 amide bonds. The van der Waals surface area contributed by atoms with Crippen LogP contribution in [0.2, 0.25) is 0 Å². The third-order valence-electron chi connectivity index (χ3n) is 2.31. The van der Waals surface area contributed by atoms with Crippen LogP contribution in [0.15, 0.2) is 34.7 Å². The molecule has 0 aliphatic rings. The summed E-state index contributed by atoms with van der Waals surface area (Å²) in [6, 6.07) is 6.60. The van der Waals surface area contributed by atoms with Gasteiger partial charge in [-0.05, 0) is 12.1 Å². The van der Waals surface area contributed by atoms with E-state index in [1.807, 2.05) is 0 Å².